The molecule has 3 aromatic carbocycles. The van der Waals surface area contributed by atoms with E-state index in [1.807, 2.05) is 72.8 Å². The Bertz CT molecular complexity index is 1440. The lowest BCUT2D eigenvalue weighted by molar-refractivity contribution is -0.121. The quantitative estimate of drug-likeness (QED) is 0.297. The largest absolute Gasteiger partial charge is 0.492 e. The van der Waals surface area contributed by atoms with Gasteiger partial charge in [-0.25, -0.2) is 0 Å². The second-order valence-corrected chi connectivity index (χ2v) is 10.1. The molecule has 4 aromatic rings. The fraction of sp³-hybridized carbons (Fsp3) is 0.172. The van der Waals surface area contributed by atoms with Crippen molar-refractivity contribution in [2.45, 2.75) is 13.0 Å². The third kappa shape index (κ3) is 5.69. The highest BCUT2D eigenvalue weighted by atomic mass is 35.5. The van der Waals surface area contributed by atoms with Crippen LogP contribution in [0.15, 0.2) is 78.9 Å². The van der Waals surface area contributed by atoms with E-state index in [2.05, 4.69) is 5.32 Å². The monoisotopic (exact) mass is 532 g/mol. The number of halogens is 1. The van der Waals surface area contributed by atoms with Crippen LogP contribution in [-0.2, 0) is 22.6 Å². The first-order valence-electron chi connectivity index (χ1n) is 11.8. The first-order chi connectivity index (χ1) is 18.0. The number of nitrogens with one attached hydrogen (secondary N) is 1. The van der Waals surface area contributed by atoms with Gasteiger partial charge in [-0.2, -0.15) is 0 Å². The van der Waals surface area contributed by atoms with Gasteiger partial charge in [-0.3, -0.25) is 9.59 Å². The van der Waals surface area contributed by atoms with E-state index >= 15 is 0 Å². The Labute approximate surface area is 224 Å². The van der Waals surface area contributed by atoms with Crippen LogP contribution >= 0.6 is 22.9 Å². The van der Waals surface area contributed by atoms with Gasteiger partial charge in [0, 0.05) is 35.7 Å². The third-order valence-electron chi connectivity index (χ3n) is 6.02. The lowest BCUT2D eigenvalue weighted by Crippen LogP contribution is -2.25. The van der Waals surface area contributed by atoms with Gasteiger partial charge in [0.2, 0.25) is 5.91 Å². The molecule has 0 bridgehead atoms. The van der Waals surface area contributed by atoms with E-state index in [-0.39, 0.29) is 18.4 Å². The van der Waals surface area contributed by atoms with E-state index in [9.17, 15) is 9.59 Å². The molecule has 0 aliphatic carbocycles. The lowest BCUT2D eigenvalue weighted by atomic mass is 10.1. The van der Waals surface area contributed by atoms with E-state index < -0.39 is 0 Å². The summed E-state index contributed by atoms with van der Waals surface area (Å²) >= 11 is 7.74. The molecule has 0 fully saturated rings. The Morgan fingerprint density at radius 1 is 1.05 bits per heavy atom. The van der Waals surface area contributed by atoms with E-state index in [0.717, 1.165) is 21.6 Å². The van der Waals surface area contributed by atoms with Crippen molar-refractivity contribution in [3.63, 3.8) is 0 Å². The van der Waals surface area contributed by atoms with Crippen molar-refractivity contribution < 1.29 is 19.1 Å². The molecule has 0 radical (unpaired) electrons. The predicted octanol–water partition coefficient (Wildman–Crippen LogP) is 6.44. The summed E-state index contributed by atoms with van der Waals surface area (Å²) in [4.78, 5) is 28.8. The van der Waals surface area contributed by atoms with Crippen molar-refractivity contribution in [3.8, 4) is 16.2 Å². The molecule has 0 saturated heterocycles. The Morgan fingerprint density at radius 2 is 1.84 bits per heavy atom. The minimum absolute atomic E-state index is 0.0493. The van der Waals surface area contributed by atoms with Crippen LogP contribution in [-0.4, -0.2) is 32.1 Å². The summed E-state index contributed by atoms with van der Waals surface area (Å²) in [6, 6.07) is 24.5. The molecule has 188 valence electrons. The number of carbonyl (C=O) groups is 2. The maximum absolute atomic E-state index is 13.3. The Morgan fingerprint density at radius 3 is 2.65 bits per heavy atom. The maximum Gasteiger partial charge on any atom is 0.268 e. The standard InChI is InChI=1S/C29H25ClN2O4S/c1-32(24-10-6-5-9-23(24)30)29(34)26-15-20-13-14-36-25-16-21(11-12-22(25)28(20)37-26)31-27(33)18-35-17-19-7-3-2-4-8-19/h2-12,15-16H,13-14,17-18H2,1H3,(H,31,33). The van der Waals surface area contributed by atoms with Gasteiger partial charge in [0.25, 0.3) is 5.91 Å². The zero-order valence-corrected chi connectivity index (χ0v) is 21.8. The number of fused-ring (bicyclic) bond motifs is 3. The number of ether oxygens (including phenoxy) is 2. The van der Waals surface area contributed by atoms with Crippen molar-refractivity contribution in [1.82, 2.24) is 0 Å². The van der Waals surface area contributed by atoms with Gasteiger partial charge in [0.15, 0.2) is 0 Å². The zero-order chi connectivity index (χ0) is 25.8. The fourth-order valence-corrected chi connectivity index (χ4v) is 5.64. The first-order valence-corrected chi connectivity index (χ1v) is 13.0. The smallest absolute Gasteiger partial charge is 0.268 e. The number of anilines is 2. The number of para-hydroxylation sites is 1. The van der Waals surface area contributed by atoms with E-state index in [4.69, 9.17) is 21.1 Å². The molecule has 2 amide bonds. The van der Waals surface area contributed by atoms with Gasteiger partial charge in [0.05, 0.1) is 28.8 Å². The molecule has 1 aliphatic rings. The molecule has 6 nitrogen and oxygen atoms in total. The highest BCUT2D eigenvalue weighted by molar-refractivity contribution is 7.17. The molecule has 0 saturated carbocycles. The number of nitrogens with zero attached hydrogens (tertiary/aromatic N) is 1. The topological polar surface area (TPSA) is 67.9 Å². The van der Waals surface area contributed by atoms with E-state index in [0.29, 0.717) is 46.7 Å². The minimum Gasteiger partial charge on any atom is -0.492 e. The number of thiophene rings is 1. The average molecular weight is 533 g/mol. The third-order valence-corrected chi connectivity index (χ3v) is 7.54. The van der Waals surface area contributed by atoms with Crippen LogP contribution in [0.2, 0.25) is 5.02 Å². The second-order valence-electron chi connectivity index (χ2n) is 8.62. The molecule has 0 unspecified atom stereocenters. The summed E-state index contributed by atoms with van der Waals surface area (Å²) in [5.74, 6) is 0.312. The molecule has 5 rings (SSSR count). The molecule has 2 heterocycles. The second kappa shape index (κ2) is 11.2. The van der Waals surface area contributed by atoms with Crippen LogP contribution in [0, 0.1) is 0 Å². The average Bonchev–Trinajstić information content (AvgIpc) is 3.25. The van der Waals surface area contributed by atoms with Crippen LogP contribution in [0.1, 0.15) is 20.8 Å². The summed E-state index contributed by atoms with van der Waals surface area (Å²) in [5, 5.41) is 3.39. The molecule has 0 spiro atoms. The van der Waals surface area contributed by atoms with Gasteiger partial charge in [-0.1, -0.05) is 54.1 Å². The maximum atomic E-state index is 13.3. The minimum atomic E-state index is -0.239. The molecule has 37 heavy (non-hydrogen) atoms. The molecule has 8 heteroatoms. The predicted molar refractivity (Wildman–Crippen MR) is 148 cm³/mol. The van der Waals surface area contributed by atoms with Crippen LogP contribution in [0.3, 0.4) is 0 Å². The molecule has 1 N–H and O–H groups in total. The highest BCUT2D eigenvalue weighted by Gasteiger charge is 2.24. The normalized spacial score (nSPS) is 12.1. The van der Waals surface area contributed by atoms with Crippen LogP contribution in [0.4, 0.5) is 11.4 Å². The number of hydrogen-bond donors (Lipinski definition) is 1. The summed E-state index contributed by atoms with van der Waals surface area (Å²) in [6.45, 7) is 0.796. The highest BCUT2D eigenvalue weighted by Crippen LogP contribution is 2.42. The Kier molecular flexibility index (Phi) is 7.55. The van der Waals surface area contributed by atoms with Gasteiger partial charge in [0.1, 0.15) is 12.4 Å². The van der Waals surface area contributed by atoms with Crippen molar-refractivity contribution >= 4 is 46.1 Å². The number of benzene rings is 3. The van der Waals surface area contributed by atoms with Gasteiger partial charge >= 0.3 is 0 Å². The Balaban J connectivity index is 1.29. The van der Waals surface area contributed by atoms with Crippen molar-refractivity contribution in [2.75, 3.05) is 30.5 Å². The van der Waals surface area contributed by atoms with Gasteiger partial charge in [-0.15, -0.1) is 11.3 Å². The zero-order valence-electron chi connectivity index (χ0n) is 20.2. The van der Waals surface area contributed by atoms with E-state index in [1.54, 1.807) is 18.0 Å². The summed E-state index contributed by atoms with van der Waals surface area (Å²) in [5.41, 5.74) is 4.26. The van der Waals surface area contributed by atoms with Crippen LogP contribution in [0.5, 0.6) is 5.75 Å². The van der Waals surface area contributed by atoms with Crippen LogP contribution in [0.25, 0.3) is 10.4 Å². The molecular weight excluding hydrogens is 508 g/mol. The van der Waals surface area contributed by atoms with Crippen LogP contribution < -0.4 is 15.0 Å². The number of rotatable bonds is 7. The molecule has 0 atom stereocenters. The summed E-state index contributed by atoms with van der Waals surface area (Å²) in [7, 11) is 1.73. The van der Waals surface area contributed by atoms with Gasteiger partial charge in [-0.05, 0) is 41.5 Å². The number of amides is 2. The lowest BCUT2D eigenvalue weighted by Gasteiger charge is -2.17. The number of carbonyl (C=O) groups excluding carboxylic acids is 2. The molecular formula is C29H25ClN2O4S. The summed E-state index contributed by atoms with van der Waals surface area (Å²) in [6.07, 6.45) is 0.679. The first kappa shape index (κ1) is 25.0. The van der Waals surface area contributed by atoms with Crippen molar-refractivity contribution in [2.24, 2.45) is 0 Å². The number of hydrogen-bond acceptors (Lipinski definition) is 5. The summed E-state index contributed by atoms with van der Waals surface area (Å²) < 4.78 is 11.5. The molecule has 1 aliphatic heterocycles. The Hall–Kier alpha value is -3.65. The van der Waals surface area contributed by atoms with E-state index in [1.165, 1.54) is 11.3 Å². The van der Waals surface area contributed by atoms with Gasteiger partial charge < -0.3 is 19.7 Å². The SMILES string of the molecule is CN(C(=O)c1cc2c(s1)-c1ccc(NC(=O)COCc3ccccc3)cc1OCC2)c1ccccc1Cl. The van der Waals surface area contributed by atoms with Crippen molar-refractivity contribution in [1.29, 1.82) is 0 Å². The molecule has 1 aromatic heterocycles. The van der Waals surface area contributed by atoms with Crippen molar-refractivity contribution in [3.05, 3.63) is 99.9 Å². The fourth-order valence-electron chi connectivity index (χ4n) is 4.16.